The Hall–Kier alpha value is -0.130. The van der Waals surface area contributed by atoms with E-state index in [-0.39, 0.29) is 0 Å². The molecule has 20 heavy (non-hydrogen) atoms. The third kappa shape index (κ3) is 3.55. The van der Waals surface area contributed by atoms with E-state index in [9.17, 15) is 13.5 Å². The van der Waals surface area contributed by atoms with Crippen molar-refractivity contribution in [2.24, 2.45) is 17.8 Å². The normalized spacial score (nSPS) is 40.7. The van der Waals surface area contributed by atoms with Crippen LogP contribution in [0.3, 0.4) is 0 Å². The quantitative estimate of drug-likeness (QED) is 0.870. The standard InChI is InChI=1S/C15H29NO3S/c1-12-6-4-8-15(17,13(12)2)10-14-7-5-9-16(11-14)20(3,18)19/h12-14,17H,4-11H2,1-3H3. The van der Waals surface area contributed by atoms with Gasteiger partial charge in [0, 0.05) is 13.1 Å². The summed E-state index contributed by atoms with van der Waals surface area (Å²) in [5.74, 6) is 1.17. The lowest BCUT2D eigenvalue weighted by Crippen LogP contribution is -2.47. The first kappa shape index (κ1) is 16.2. The SMILES string of the molecule is CC1CCCC(O)(CC2CCCN(S(C)(=O)=O)C2)C1C. The Morgan fingerprint density at radius 2 is 1.95 bits per heavy atom. The van der Waals surface area contributed by atoms with E-state index < -0.39 is 15.6 Å². The molecule has 4 atom stereocenters. The van der Waals surface area contributed by atoms with Crippen molar-refractivity contribution in [3.05, 3.63) is 0 Å². The predicted molar refractivity (Wildman–Crippen MR) is 80.9 cm³/mol. The monoisotopic (exact) mass is 303 g/mol. The lowest BCUT2D eigenvalue weighted by Gasteiger charge is -2.45. The van der Waals surface area contributed by atoms with Gasteiger partial charge in [-0.15, -0.1) is 0 Å². The highest BCUT2D eigenvalue weighted by atomic mass is 32.2. The van der Waals surface area contributed by atoms with Crippen LogP contribution in [0.2, 0.25) is 0 Å². The Morgan fingerprint density at radius 1 is 1.25 bits per heavy atom. The molecule has 2 fully saturated rings. The van der Waals surface area contributed by atoms with E-state index in [1.807, 2.05) is 0 Å². The van der Waals surface area contributed by atoms with Gasteiger partial charge in [0.05, 0.1) is 11.9 Å². The Balaban J connectivity index is 2.02. The molecule has 4 unspecified atom stereocenters. The molecule has 1 heterocycles. The van der Waals surface area contributed by atoms with Gasteiger partial charge in [-0.1, -0.05) is 26.7 Å². The molecule has 1 aliphatic carbocycles. The van der Waals surface area contributed by atoms with Crippen molar-refractivity contribution in [3.63, 3.8) is 0 Å². The van der Waals surface area contributed by atoms with Crippen LogP contribution >= 0.6 is 0 Å². The molecule has 2 rings (SSSR count). The second-order valence-corrected chi connectivity index (χ2v) is 9.08. The van der Waals surface area contributed by atoms with E-state index in [2.05, 4.69) is 13.8 Å². The Labute approximate surface area is 123 Å². The fourth-order valence-electron chi connectivity index (χ4n) is 4.02. The van der Waals surface area contributed by atoms with Crippen molar-refractivity contribution in [1.82, 2.24) is 4.31 Å². The van der Waals surface area contributed by atoms with Crippen molar-refractivity contribution in [1.29, 1.82) is 0 Å². The van der Waals surface area contributed by atoms with Gasteiger partial charge in [0.2, 0.25) is 10.0 Å². The van der Waals surface area contributed by atoms with Crippen LogP contribution in [0.25, 0.3) is 0 Å². The molecule has 0 aromatic rings. The summed E-state index contributed by atoms with van der Waals surface area (Å²) in [7, 11) is -3.09. The molecular weight excluding hydrogens is 274 g/mol. The number of sulfonamides is 1. The fraction of sp³-hybridized carbons (Fsp3) is 1.00. The summed E-state index contributed by atoms with van der Waals surface area (Å²) in [5.41, 5.74) is -0.594. The summed E-state index contributed by atoms with van der Waals surface area (Å²) in [5, 5.41) is 11.0. The molecule has 0 spiro atoms. The molecule has 2 aliphatic rings. The molecule has 0 bridgehead atoms. The van der Waals surface area contributed by atoms with Crippen molar-refractivity contribution in [2.45, 2.75) is 58.0 Å². The highest BCUT2D eigenvalue weighted by Gasteiger charge is 2.42. The van der Waals surface area contributed by atoms with Gasteiger partial charge in [-0.3, -0.25) is 0 Å². The third-order valence-electron chi connectivity index (χ3n) is 5.56. The Kier molecular flexibility index (Phi) is 4.82. The van der Waals surface area contributed by atoms with Gasteiger partial charge >= 0.3 is 0 Å². The number of hydrogen-bond acceptors (Lipinski definition) is 3. The van der Waals surface area contributed by atoms with Crippen molar-refractivity contribution in [2.75, 3.05) is 19.3 Å². The Morgan fingerprint density at radius 3 is 2.60 bits per heavy atom. The van der Waals surface area contributed by atoms with E-state index >= 15 is 0 Å². The van der Waals surface area contributed by atoms with Crippen LogP contribution in [-0.4, -0.2) is 42.8 Å². The van der Waals surface area contributed by atoms with Crippen LogP contribution in [-0.2, 0) is 10.0 Å². The van der Waals surface area contributed by atoms with Crippen LogP contribution in [0.4, 0.5) is 0 Å². The summed E-state index contributed by atoms with van der Waals surface area (Å²) in [6.07, 6.45) is 7.15. The zero-order chi connectivity index (χ0) is 15.0. The maximum atomic E-state index is 11.7. The minimum atomic E-state index is -3.09. The van der Waals surface area contributed by atoms with E-state index in [0.29, 0.717) is 30.8 Å². The molecule has 5 heteroatoms. The van der Waals surface area contributed by atoms with Crippen LogP contribution in [0.1, 0.15) is 52.4 Å². The second-order valence-electron chi connectivity index (χ2n) is 7.10. The highest BCUT2D eigenvalue weighted by molar-refractivity contribution is 7.88. The van der Waals surface area contributed by atoms with Crippen LogP contribution < -0.4 is 0 Å². The van der Waals surface area contributed by atoms with Gasteiger partial charge in [-0.05, 0) is 43.4 Å². The van der Waals surface area contributed by atoms with Crippen molar-refractivity contribution >= 4 is 10.0 Å². The van der Waals surface area contributed by atoms with Gasteiger partial charge in [0.15, 0.2) is 0 Å². The maximum absolute atomic E-state index is 11.7. The first-order valence-electron chi connectivity index (χ1n) is 7.90. The van der Waals surface area contributed by atoms with Gasteiger partial charge in [0.1, 0.15) is 0 Å². The van der Waals surface area contributed by atoms with E-state index in [4.69, 9.17) is 0 Å². The van der Waals surface area contributed by atoms with Crippen LogP contribution in [0.15, 0.2) is 0 Å². The molecule has 118 valence electrons. The lowest BCUT2D eigenvalue weighted by molar-refractivity contribution is -0.0825. The largest absolute Gasteiger partial charge is 0.390 e. The first-order valence-corrected chi connectivity index (χ1v) is 9.75. The van der Waals surface area contributed by atoms with Gasteiger partial charge in [-0.2, -0.15) is 0 Å². The van der Waals surface area contributed by atoms with Crippen molar-refractivity contribution in [3.8, 4) is 0 Å². The molecule has 0 radical (unpaired) electrons. The maximum Gasteiger partial charge on any atom is 0.211 e. The van der Waals surface area contributed by atoms with Gasteiger partial charge in [-0.25, -0.2) is 12.7 Å². The molecule has 1 saturated carbocycles. The zero-order valence-electron chi connectivity index (χ0n) is 13.0. The topological polar surface area (TPSA) is 57.6 Å². The summed E-state index contributed by atoms with van der Waals surface area (Å²) in [4.78, 5) is 0. The third-order valence-corrected chi connectivity index (χ3v) is 6.83. The fourth-order valence-corrected chi connectivity index (χ4v) is 4.96. The van der Waals surface area contributed by atoms with Crippen LogP contribution in [0.5, 0.6) is 0 Å². The second kappa shape index (κ2) is 5.93. The van der Waals surface area contributed by atoms with E-state index in [1.54, 1.807) is 4.31 Å². The van der Waals surface area contributed by atoms with E-state index in [1.165, 1.54) is 12.7 Å². The molecule has 1 aliphatic heterocycles. The van der Waals surface area contributed by atoms with Gasteiger partial charge < -0.3 is 5.11 Å². The zero-order valence-corrected chi connectivity index (χ0v) is 13.8. The average molecular weight is 303 g/mol. The molecule has 0 aromatic carbocycles. The van der Waals surface area contributed by atoms with E-state index in [0.717, 1.165) is 32.1 Å². The Bertz CT molecular complexity index is 436. The average Bonchev–Trinajstić information content (AvgIpc) is 2.35. The number of piperidine rings is 1. The summed E-state index contributed by atoms with van der Waals surface area (Å²) < 4.78 is 25.0. The minimum absolute atomic E-state index is 0.302. The first-order chi connectivity index (χ1) is 9.22. The number of rotatable bonds is 3. The predicted octanol–water partition coefficient (Wildman–Crippen LogP) is 2.24. The lowest BCUT2D eigenvalue weighted by atomic mass is 9.67. The minimum Gasteiger partial charge on any atom is -0.390 e. The summed E-state index contributed by atoms with van der Waals surface area (Å²) >= 11 is 0. The summed E-state index contributed by atoms with van der Waals surface area (Å²) in [6.45, 7) is 5.60. The number of nitrogens with zero attached hydrogens (tertiary/aromatic N) is 1. The van der Waals surface area contributed by atoms with Gasteiger partial charge in [0.25, 0.3) is 0 Å². The molecule has 1 saturated heterocycles. The molecule has 0 amide bonds. The molecule has 4 nitrogen and oxygen atoms in total. The molecule has 1 N–H and O–H groups in total. The number of aliphatic hydroxyl groups is 1. The summed E-state index contributed by atoms with van der Waals surface area (Å²) in [6, 6.07) is 0. The van der Waals surface area contributed by atoms with Crippen LogP contribution in [0, 0.1) is 17.8 Å². The number of hydrogen-bond donors (Lipinski definition) is 1. The smallest absolute Gasteiger partial charge is 0.211 e. The molecule has 0 aromatic heterocycles. The highest BCUT2D eigenvalue weighted by Crippen LogP contribution is 2.42. The molecular formula is C15H29NO3S. The van der Waals surface area contributed by atoms with Crippen molar-refractivity contribution < 1.29 is 13.5 Å².